The van der Waals surface area contributed by atoms with Crippen LogP contribution in [0.25, 0.3) is 0 Å². The summed E-state index contributed by atoms with van der Waals surface area (Å²) in [5.74, 6) is 0.196. The maximum Gasteiger partial charge on any atom is 0.243 e. The summed E-state index contributed by atoms with van der Waals surface area (Å²) in [5, 5.41) is 2.89. The van der Waals surface area contributed by atoms with Crippen molar-refractivity contribution in [3.05, 3.63) is 95.6 Å². The van der Waals surface area contributed by atoms with Crippen LogP contribution in [0, 0.1) is 0 Å². The van der Waals surface area contributed by atoms with Gasteiger partial charge in [0.15, 0.2) is 0 Å². The second-order valence-electron chi connectivity index (χ2n) is 9.93. The molecule has 0 saturated heterocycles. The van der Waals surface area contributed by atoms with Crippen LogP contribution < -0.4 is 14.4 Å². The molecule has 0 fully saturated rings. The van der Waals surface area contributed by atoms with Crippen LogP contribution in [0.5, 0.6) is 5.75 Å². The summed E-state index contributed by atoms with van der Waals surface area (Å²) < 4.78 is 32.0. The highest BCUT2D eigenvalue weighted by molar-refractivity contribution is 7.92. The van der Waals surface area contributed by atoms with E-state index in [1.807, 2.05) is 80.6 Å². The van der Waals surface area contributed by atoms with Gasteiger partial charge in [-0.2, -0.15) is 0 Å². The molecule has 1 N–H and O–H groups in total. The van der Waals surface area contributed by atoms with E-state index in [4.69, 9.17) is 4.74 Å². The van der Waals surface area contributed by atoms with Crippen molar-refractivity contribution in [2.75, 3.05) is 30.8 Å². The Morgan fingerprint density at radius 2 is 1.59 bits per heavy atom. The minimum atomic E-state index is -3.56. The Morgan fingerprint density at radius 1 is 0.902 bits per heavy atom. The van der Waals surface area contributed by atoms with Crippen molar-refractivity contribution in [2.24, 2.45) is 0 Å². The van der Waals surface area contributed by atoms with E-state index >= 15 is 0 Å². The highest BCUT2D eigenvalue weighted by atomic mass is 32.2. The van der Waals surface area contributed by atoms with Crippen molar-refractivity contribution in [1.82, 2.24) is 10.2 Å². The lowest BCUT2D eigenvalue weighted by Gasteiger charge is -2.32. The van der Waals surface area contributed by atoms with Gasteiger partial charge in [0.05, 0.1) is 19.1 Å². The molecule has 0 heterocycles. The molecule has 0 aliphatic carbocycles. The average molecular weight is 580 g/mol. The Labute approximate surface area is 244 Å². The van der Waals surface area contributed by atoms with Crippen LogP contribution in [0.3, 0.4) is 0 Å². The first-order valence-electron chi connectivity index (χ1n) is 14.0. The third-order valence-corrected chi connectivity index (χ3v) is 8.09. The molecule has 0 spiro atoms. The van der Waals surface area contributed by atoms with Gasteiger partial charge < -0.3 is 15.0 Å². The standard InChI is InChI=1S/C32H41N3O5S/c1-5-25-17-19-28(20-18-25)35(41(4,38)39)21-11-16-31(36)34(24-27-14-10-15-29(22-27)40-3)30(32(37)33-6-2)23-26-12-8-7-9-13-26/h7-10,12-15,17-20,22,30H,5-6,11,16,21,23-24H2,1-4H3,(H,33,37). The molecule has 0 bridgehead atoms. The average Bonchev–Trinajstić information content (AvgIpc) is 2.97. The van der Waals surface area contributed by atoms with Gasteiger partial charge in [-0.05, 0) is 60.7 Å². The number of amides is 2. The minimum absolute atomic E-state index is 0.0771. The highest BCUT2D eigenvalue weighted by Gasteiger charge is 2.30. The molecule has 0 aromatic heterocycles. The van der Waals surface area contributed by atoms with E-state index in [9.17, 15) is 18.0 Å². The SMILES string of the molecule is CCNC(=O)C(Cc1ccccc1)N(Cc1cccc(OC)c1)C(=O)CCCN(c1ccc(CC)cc1)S(C)(=O)=O. The summed E-state index contributed by atoms with van der Waals surface area (Å²) in [6.45, 7) is 4.68. The fourth-order valence-corrected chi connectivity index (χ4v) is 5.68. The van der Waals surface area contributed by atoms with Gasteiger partial charge in [0.25, 0.3) is 0 Å². The number of carbonyl (C=O) groups is 2. The van der Waals surface area contributed by atoms with Crippen LogP contribution >= 0.6 is 0 Å². The summed E-state index contributed by atoms with van der Waals surface area (Å²) in [7, 11) is -1.98. The number of hydrogen-bond donors (Lipinski definition) is 1. The number of aryl methyl sites for hydroxylation is 1. The van der Waals surface area contributed by atoms with Crippen LogP contribution in [-0.4, -0.2) is 57.6 Å². The molecular formula is C32H41N3O5S. The Balaban J connectivity index is 1.86. The Hall–Kier alpha value is -3.85. The van der Waals surface area contributed by atoms with Gasteiger partial charge in [-0.3, -0.25) is 13.9 Å². The van der Waals surface area contributed by atoms with E-state index in [0.29, 0.717) is 30.8 Å². The van der Waals surface area contributed by atoms with E-state index in [-0.39, 0.29) is 31.3 Å². The predicted molar refractivity (Wildman–Crippen MR) is 163 cm³/mol. The molecule has 3 rings (SSSR count). The van der Waals surface area contributed by atoms with Crippen molar-refractivity contribution in [3.8, 4) is 5.75 Å². The summed E-state index contributed by atoms with van der Waals surface area (Å²) in [6, 6.07) is 23.7. The van der Waals surface area contributed by atoms with E-state index in [1.54, 1.807) is 24.1 Å². The van der Waals surface area contributed by atoms with Crippen LogP contribution in [0.2, 0.25) is 0 Å². The molecule has 8 nitrogen and oxygen atoms in total. The number of nitrogens with zero attached hydrogens (tertiary/aromatic N) is 2. The van der Waals surface area contributed by atoms with Gasteiger partial charge in [-0.25, -0.2) is 8.42 Å². The van der Waals surface area contributed by atoms with Gasteiger partial charge in [0.1, 0.15) is 11.8 Å². The quantitative estimate of drug-likeness (QED) is 0.284. The molecule has 9 heteroatoms. The number of benzene rings is 3. The minimum Gasteiger partial charge on any atom is -0.497 e. The number of rotatable bonds is 15. The zero-order valence-corrected chi connectivity index (χ0v) is 25.2. The monoisotopic (exact) mass is 579 g/mol. The van der Waals surface area contributed by atoms with Gasteiger partial charge in [-0.15, -0.1) is 0 Å². The molecular weight excluding hydrogens is 538 g/mol. The maximum absolute atomic E-state index is 13.8. The van der Waals surface area contributed by atoms with Gasteiger partial charge in [0, 0.05) is 32.5 Å². The summed E-state index contributed by atoms with van der Waals surface area (Å²) in [4.78, 5) is 28.8. The molecule has 0 radical (unpaired) electrons. The fraction of sp³-hybridized carbons (Fsp3) is 0.375. The Kier molecular flexibility index (Phi) is 11.8. The zero-order chi connectivity index (χ0) is 29.8. The number of nitrogens with one attached hydrogen (secondary N) is 1. The first-order chi connectivity index (χ1) is 19.7. The first-order valence-corrected chi connectivity index (χ1v) is 15.8. The second kappa shape index (κ2) is 15.2. The smallest absolute Gasteiger partial charge is 0.243 e. The topological polar surface area (TPSA) is 96.0 Å². The van der Waals surface area contributed by atoms with Crippen molar-refractivity contribution in [1.29, 1.82) is 0 Å². The molecule has 220 valence electrons. The van der Waals surface area contributed by atoms with Crippen LogP contribution in [0.1, 0.15) is 43.4 Å². The number of ether oxygens (including phenoxy) is 1. The third kappa shape index (κ3) is 9.35. The highest BCUT2D eigenvalue weighted by Crippen LogP contribution is 2.22. The molecule has 2 amide bonds. The molecule has 0 saturated carbocycles. The molecule has 41 heavy (non-hydrogen) atoms. The van der Waals surface area contributed by atoms with Crippen molar-refractivity contribution in [2.45, 2.75) is 52.1 Å². The lowest BCUT2D eigenvalue weighted by molar-refractivity contribution is -0.141. The number of anilines is 1. The van der Waals surface area contributed by atoms with Crippen molar-refractivity contribution < 1.29 is 22.7 Å². The van der Waals surface area contributed by atoms with Crippen molar-refractivity contribution in [3.63, 3.8) is 0 Å². The Bertz CT molecular complexity index is 1380. The maximum atomic E-state index is 13.8. The lowest BCUT2D eigenvalue weighted by Crippen LogP contribution is -2.50. The molecule has 0 aliphatic heterocycles. The normalized spacial score (nSPS) is 11.9. The molecule has 3 aromatic carbocycles. The first kappa shape index (κ1) is 31.7. The van der Waals surface area contributed by atoms with Crippen LogP contribution in [-0.2, 0) is 39.0 Å². The number of carbonyl (C=O) groups excluding carboxylic acids is 2. The second-order valence-corrected chi connectivity index (χ2v) is 11.8. The number of sulfonamides is 1. The molecule has 3 aromatic rings. The lowest BCUT2D eigenvalue weighted by atomic mass is 10.0. The predicted octanol–water partition coefficient (Wildman–Crippen LogP) is 4.58. The largest absolute Gasteiger partial charge is 0.497 e. The van der Waals surface area contributed by atoms with Crippen molar-refractivity contribution >= 4 is 27.5 Å². The van der Waals surface area contributed by atoms with E-state index in [1.165, 1.54) is 10.6 Å². The van der Waals surface area contributed by atoms with Crippen LogP contribution in [0.15, 0.2) is 78.9 Å². The molecule has 0 aliphatic rings. The Morgan fingerprint density at radius 3 is 2.20 bits per heavy atom. The van der Waals surface area contributed by atoms with E-state index < -0.39 is 16.1 Å². The molecule has 1 atom stereocenters. The van der Waals surface area contributed by atoms with E-state index in [0.717, 1.165) is 23.1 Å². The van der Waals surface area contributed by atoms with Crippen LogP contribution in [0.4, 0.5) is 5.69 Å². The fourth-order valence-electron chi connectivity index (χ4n) is 4.72. The summed E-state index contributed by atoms with van der Waals surface area (Å²) >= 11 is 0. The number of methoxy groups -OCH3 is 1. The number of likely N-dealkylation sites (N-methyl/N-ethyl adjacent to an activating group) is 1. The summed E-state index contributed by atoms with van der Waals surface area (Å²) in [6.07, 6.45) is 2.74. The molecule has 1 unspecified atom stereocenters. The zero-order valence-electron chi connectivity index (χ0n) is 24.4. The van der Waals surface area contributed by atoms with Gasteiger partial charge >= 0.3 is 0 Å². The third-order valence-electron chi connectivity index (χ3n) is 6.89. The van der Waals surface area contributed by atoms with Gasteiger partial charge in [-0.1, -0.05) is 61.5 Å². The number of hydrogen-bond acceptors (Lipinski definition) is 5. The summed E-state index contributed by atoms with van der Waals surface area (Å²) in [5.41, 5.74) is 3.44. The van der Waals surface area contributed by atoms with Gasteiger partial charge in [0.2, 0.25) is 21.8 Å². The van der Waals surface area contributed by atoms with E-state index in [2.05, 4.69) is 5.32 Å².